The molecule has 1 saturated carbocycles. The van der Waals surface area contributed by atoms with Gasteiger partial charge in [0.2, 0.25) is 0 Å². The van der Waals surface area contributed by atoms with Crippen molar-refractivity contribution in [2.45, 2.75) is 51.0 Å². The molecule has 2 heterocycles. The van der Waals surface area contributed by atoms with Crippen molar-refractivity contribution in [2.75, 3.05) is 13.2 Å². The van der Waals surface area contributed by atoms with E-state index in [0.29, 0.717) is 25.3 Å². The predicted octanol–water partition coefficient (Wildman–Crippen LogP) is 2.39. The maximum absolute atomic E-state index is 10.8. The number of hydrogen-bond donors (Lipinski definition) is 3. The summed E-state index contributed by atoms with van der Waals surface area (Å²) in [4.78, 5) is 8.60. The number of ether oxygens (including phenoxy) is 2. The van der Waals surface area contributed by atoms with Crippen LogP contribution in [-0.4, -0.2) is 51.6 Å². The van der Waals surface area contributed by atoms with Gasteiger partial charge in [0.1, 0.15) is 36.6 Å². The van der Waals surface area contributed by atoms with Gasteiger partial charge in [-0.1, -0.05) is 12.1 Å². The Labute approximate surface area is 181 Å². The lowest BCUT2D eigenvalue weighted by Crippen LogP contribution is -2.33. The molecule has 4 unspecified atom stereocenters. The first-order valence-electron chi connectivity index (χ1n) is 10.7. The minimum absolute atomic E-state index is 0.238. The van der Waals surface area contributed by atoms with E-state index in [1.165, 1.54) is 0 Å². The zero-order chi connectivity index (χ0) is 21.5. The molecule has 4 atom stereocenters. The fourth-order valence-electron chi connectivity index (χ4n) is 4.65. The van der Waals surface area contributed by atoms with Crippen LogP contribution in [0, 0.1) is 13.8 Å². The number of hydrogen-bond acceptors (Lipinski definition) is 7. The standard InChI is InChI=1S/C24H27N3O4/c1-13-7-20-18(11-25-5-6-30-20)21(8-13)31-22-10-17(23(28)24(22)29)15-3-4-16-14(2)26-12-27-19(16)9-15/h3-4,7-9,12,17,22-25,28-29H,5-6,10-11H2,1-2H3. The highest BCUT2D eigenvalue weighted by Gasteiger charge is 2.44. The molecule has 0 radical (unpaired) electrons. The van der Waals surface area contributed by atoms with E-state index < -0.39 is 18.3 Å². The van der Waals surface area contributed by atoms with Crippen LogP contribution in [0.25, 0.3) is 10.9 Å². The van der Waals surface area contributed by atoms with E-state index >= 15 is 0 Å². The van der Waals surface area contributed by atoms with E-state index in [0.717, 1.165) is 45.6 Å². The summed E-state index contributed by atoms with van der Waals surface area (Å²) >= 11 is 0. The van der Waals surface area contributed by atoms with Crippen molar-refractivity contribution in [3.05, 3.63) is 59.0 Å². The molecule has 0 amide bonds. The summed E-state index contributed by atoms with van der Waals surface area (Å²) in [5.74, 6) is 1.27. The maximum Gasteiger partial charge on any atom is 0.128 e. The highest BCUT2D eigenvalue weighted by molar-refractivity contribution is 5.81. The number of aromatic nitrogens is 2. The Hall–Kier alpha value is -2.74. The van der Waals surface area contributed by atoms with Crippen molar-refractivity contribution in [1.29, 1.82) is 0 Å². The second kappa shape index (κ2) is 8.07. The quantitative estimate of drug-likeness (QED) is 0.597. The zero-order valence-electron chi connectivity index (χ0n) is 17.7. The van der Waals surface area contributed by atoms with Crippen LogP contribution < -0.4 is 14.8 Å². The molecular weight excluding hydrogens is 394 g/mol. The highest BCUT2D eigenvalue weighted by Crippen LogP contribution is 2.40. The van der Waals surface area contributed by atoms with Gasteiger partial charge in [0.05, 0.1) is 11.6 Å². The smallest absolute Gasteiger partial charge is 0.128 e. The van der Waals surface area contributed by atoms with Crippen LogP contribution in [0.4, 0.5) is 0 Å². The summed E-state index contributed by atoms with van der Waals surface area (Å²) in [6, 6.07) is 9.92. The van der Waals surface area contributed by atoms with E-state index in [4.69, 9.17) is 9.47 Å². The van der Waals surface area contributed by atoms with Crippen LogP contribution in [0.15, 0.2) is 36.7 Å². The molecule has 1 aromatic heterocycles. The Morgan fingerprint density at radius 1 is 1.10 bits per heavy atom. The number of benzene rings is 2. The molecule has 0 spiro atoms. The van der Waals surface area contributed by atoms with Gasteiger partial charge in [-0.2, -0.15) is 0 Å². The van der Waals surface area contributed by atoms with E-state index in [2.05, 4.69) is 15.3 Å². The van der Waals surface area contributed by atoms with Crippen molar-refractivity contribution in [3.8, 4) is 11.5 Å². The second-order valence-corrected chi connectivity index (χ2v) is 8.48. The largest absolute Gasteiger partial charge is 0.492 e. The Morgan fingerprint density at radius 3 is 2.84 bits per heavy atom. The molecular formula is C24H27N3O4. The topological polar surface area (TPSA) is 96.7 Å². The van der Waals surface area contributed by atoms with Crippen molar-refractivity contribution in [2.24, 2.45) is 0 Å². The third kappa shape index (κ3) is 3.73. The lowest BCUT2D eigenvalue weighted by molar-refractivity contribution is -0.0123. The summed E-state index contributed by atoms with van der Waals surface area (Å²) in [6.45, 7) is 5.96. The number of nitrogens with one attached hydrogen (secondary N) is 1. The van der Waals surface area contributed by atoms with Crippen LogP contribution in [0.3, 0.4) is 0 Å². The van der Waals surface area contributed by atoms with E-state index in [1.807, 2.05) is 44.2 Å². The number of rotatable bonds is 3. The summed E-state index contributed by atoms with van der Waals surface area (Å²) in [6.07, 6.45) is -0.356. The molecule has 1 aliphatic carbocycles. The van der Waals surface area contributed by atoms with E-state index in [1.54, 1.807) is 6.33 Å². The molecule has 7 heteroatoms. The summed E-state index contributed by atoms with van der Waals surface area (Å²) in [7, 11) is 0. The third-order valence-electron chi connectivity index (χ3n) is 6.35. The first-order valence-corrected chi connectivity index (χ1v) is 10.7. The lowest BCUT2D eigenvalue weighted by Gasteiger charge is -2.21. The normalized spacial score (nSPS) is 25.7. The van der Waals surface area contributed by atoms with Crippen LogP contribution in [0.5, 0.6) is 11.5 Å². The summed E-state index contributed by atoms with van der Waals surface area (Å²) in [5, 5.41) is 25.9. The van der Waals surface area contributed by atoms with Gasteiger partial charge < -0.3 is 25.0 Å². The van der Waals surface area contributed by atoms with Gasteiger partial charge in [-0.25, -0.2) is 9.97 Å². The van der Waals surface area contributed by atoms with Gasteiger partial charge >= 0.3 is 0 Å². The lowest BCUT2D eigenvalue weighted by atomic mass is 9.94. The van der Waals surface area contributed by atoms with E-state index in [-0.39, 0.29) is 5.92 Å². The van der Waals surface area contributed by atoms with Crippen molar-refractivity contribution < 1.29 is 19.7 Å². The second-order valence-electron chi connectivity index (χ2n) is 8.48. The summed E-state index contributed by atoms with van der Waals surface area (Å²) < 4.78 is 12.2. The Kier molecular flexibility index (Phi) is 5.25. The number of fused-ring (bicyclic) bond motifs is 2. The Bertz CT molecular complexity index is 1120. The average molecular weight is 421 g/mol. The summed E-state index contributed by atoms with van der Waals surface area (Å²) in [5.41, 5.74) is 4.68. The first-order chi connectivity index (χ1) is 15.0. The van der Waals surface area contributed by atoms with Crippen LogP contribution in [-0.2, 0) is 6.54 Å². The van der Waals surface area contributed by atoms with Gasteiger partial charge in [0.15, 0.2) is 0 Å². The van der Waals surface area contributed by atoms with Gasteiger partial charge in [0.25, 0.3) is 0 Å². The molecule has 3 N–H and O–H groups in total. The molecule has 31 heavy (non-hydrogen) atoms. The number of aliphatic hydroxyl groups excluding tert-OH is 2. The fraction of sp³-hybridized carbons (Fsp3) is 0.417. The zero-order valence-corrected chi connectivity index (χ0v) is 17.7. The van der Waals surface area contributed by atoms with Crippen molar-refractivity contribution >= 4 is 10.9 Å². The molecule has 3 aromatic rings. The Balaban J connectivity index is 1.42. The SMILES string of the molecule is Cc1cc2c(c(OC3CC(c4ccc5c(C)ncnc5c4)C(O)C3O)c1)CNCCO2. The molecule has 1 fully saturated rings. The van der Waals surface area contributed by atoms with Gasteiger partial charge in [-0.3, -0.25) is 0 Å². The first kappa shape index (κ1) is 20.2. The molecule has 5 rings (SSSR count). The number of nitrogens with zero attached hydrogens (tertiary/aromatic N) is 2. The maximum atomic E-state index is 10.8. The fourth-order valence-corrected chi connectivity index (χ4v) is 4.65. The third-order valence-corrected chi connectivity index (χ3v) is 6.35. The minimum atomic E-state index is -0.983. The van der Waals surface area contributed by atoms with Crippen LogP contribution in [0.1, 0.15) is 34.7 Å². The van der Waals surface area contributed by atoms with Gasteiger partial charge in [-0.05, 0) is 49.6 Å². The molecule has 7 nitrogen and oxygen atoms in total. The molecule has 0 bridgehead atoms. The molecule has 2 aliphatic rings. The molecule has 0 saturated heterocycles. The minimum Gasteiger partial charge on any atom is -0.492 e. The molecule has 1 aliphatic heterocycles. The number of aliphatic hydroxyl groups is 2. The monoisotopic (exact) mass is 421 g/mol. The molecule has 162 valence electrons. The molecule has 2 aromatic carbocycles. The van der Waals surface area contributed by atoms with Crippen molar-refractivity contribution in [3.63, 3.8) is 0 Å². The van der Waals surface area contributed by atoms with Gasteiger partial charge in [0, 0.05) is 35.7 Å². The van der Waals surface area contributed by atoms with Gasteiger partial charge in [-0.15, -0.1) is 0 Å². The van der Waals surface area contributed by atoms with E-state index in [9.17, 15) is 10.2 Å². The van der Waals surface area contributed by atoms with Crippen molar-refractivity contribution in [1.82, 2.24) is 15.3 Å². The average Bonchev–Trinajstić information content (AvgIpc) is 2.92. The highest BCUT2D eigenvalue weighted by atomic mass is 16.5. The van der Waals surface area contributed by atoms with Crippen LogP contribution >= 0.6 is 0 Å². The number of aryl methyl sites for hydroxylation is 2. The van der Waals surface area contributed by atoms with Crippen LogP contribution in [0.2, 0.25) is 0 Å². The predicted molar refractivity (Wildman–Crippen MR) is 116 cm³/mol. The Morgan fingerprint density at radius 2 is 1.97 bits per heavy atom.